The molecule has 1 heterocycles. The maximum Gasteiger partial charge on any atom is 0.318 e. The summed E-state index contributed by atoms with van der Waals surface area (Å²) < 4.78 is 15.7. The number of urea groups is 1. The van der Waals surface area contributed by atoms with Gasteiger partial charge >= 0.3 is 6.03 Å². The van der Waals surface area contributed by atoms with E-state index in [4.69, 9.17) is 14.2 Å². The maximum absolute atomic E-state index is 12.4. The molecule has 1 aliphatic heterocycles. The first-order valence-electron chi connectivity index (χ1n) is 7.60. The van der Waals surface area contributed by atoms with Gasteiger partial charge in [-0.2, -0.15) is 0 Å². The first-order valence-corrected chi connectivity index (χ1v) is 7.60. The third kappa shape index (κ3) is 4.39. The molecule has 0 aliphatic carbocycles. The van der Waals surface area contributed by atoms with Gasteiger partial charge in [0.25, 0.3) is 0 Å². The van der Waals surface area contributed by atoms with E-state index in [9.17, 15) is 4.79 Å². The topological polar surface area (TPSA) is 60.0 Å². The fraction of sp³-hybridized carbons (Fsp3) is 0.471. The zero-order valence-electron chi connectivity index (χ0n) is 13.9. The van der Waals surface area contributed by atoms with Crippen LogP contribution in [0.4, 0.5) is 4.79 Å². The van der Waals surface area contributed by atoms with Crippen LogP contribution in [-0.2, 0) is 11.3 Å². The number of nitrogens with zero attached hydrogens (tertiary/aromatic N) is 1. The van der Waals surface area contributed by atoms with Crippen LogP contribution in [-0.4, -0.2) is 51.5 Å². The van der Waals surface area contributed by atoms with Crippen LogP contribution in [0.25, 0.3) is 0 Å². The van der Waals surface area contributed by atoms with Gasteiger partial charge in [0.2, 0.25) is 0 Å². The van der Waals surface area contributed by atoms with E-state index in [2.05, 4.69) is 11.4 Å². The molecule has 0 spiro atoms. The Morgan fingerprint density at radius 3 is 2.74 bits per heavy atom. The van der Waals surface area contributed by atoms with Crippen molar-refractivity contribution >= 4 is 6.03 Å². The highest BCUT2D eigenvalue weighted by Crippen LogP contribution is 2.27. The molecular weight excluding hydrogens is 296 g/mol. The predicted molar refractivity (Wildman–Crippen MR) is 87.9 cm³/mol. The van der Waals surface area contributed by atoms with Crippen molar-refractivity contribution < 1.29 is 19.0 Å². The molecule has 0 saturated heterocycles. The van der Waals surface area contributed by atoms with E-state index >= 15 is 0 Å². The van der Waals surface area contributed by atoms with Crippen molar-refractivity contribution in [3.63, 3.8) is 0 Å². The molecular formula is C17H24N2O4. The fourth-order valence-corrected chi connectivity index (χ4v) is 2.57. The summed E-state index contributed by atoms with van der Waals surface area (Å²) in [5.41, 5.74) is 0.951. The van der Waals surface area contributed by atoms with Crippen LogP contribution < -0.4 is 14.8 Å². The standard InChI is InChI=1S/C17H24N2O4/c1-21-12-14-6-4-5-9-19(14)17(20)18-11-13-7-8-15(22-2)16(10-13)23-3/h4,6-8,10,14H,5,9,11-12H2,1-3H3,(H,18,20). The largest absolute Gasteiger partial charge is 0.493 e. The maximum atomic E-state index is 12.4. The van der Waals surface area contributed by atoms with Crippen LogP contribution in [0.5, 0.6) is 11.5 Å². The van der Waals surface area contributed by atoms with Crippen LogP contribution in [0.2, 0.25) is 0 Å². The summed E-state index contributed by atoms with van der Waals surface area (Å²) in [4.78, 5) is 14.2. The molecule has 1 atom stereocenters. The van der Waals surface area contributed by atoms with Crippen molar-refractivity contribution in [3.05, 3.63) is 35.9 Å². The second-order valence-electron chi connectivity index (χ2n) is 5.28. The van der Waals surface area contributed by atoms with Crippen molar-refractivity contribution in [3.8, 4) is 11.5 Å². The van der Waals surface area contributed by atoms with E-state index in [-0.39, 0.29) is 12.1 Å². The Balaban J connectivity index is 1.97. The normalized spacial score (nSPS) is 17.0. The summed E-state index contributed by atoms with van der Waals surface area (Å²) in [7, 11) is 4.83. The van der Waals surface area contributed by atoms with E-state index < -0.39 is 0 Å². The molecule has 0 fully saturated rings. The number of carbonyl (C=O) groups is 1. The lowest BCUT2D eigenvalue weighted by Gasteiger charge is -2.32. The Morgan fingerprint density at radius 2 is 2.04 bits per heavy atom. The van der Waals surface area contributed by atoms with Crippen LogP contribution in [0.3, 0.4) is 0 Å². The van der Waals surface area contributed by atoms with Gasteiger partial charge in [0.05, 0.1) is 26.9 Å². The molecule has 0 bridgehead atoms. The van der Waals surface area contributed by atoms with Crippen molar-refractivity contribution in [2.75, 3.05) is 34.5 Å². The van der Waals surface area contributed by atoms with Crippen molar-refractivity contribution in [2.24, 2.45) is 0 Å². The molecule has 2 amide bonds. The van der Waals surface area contributed by atoms with Crippen molar-refractivity contribution in [1.82, 2.24) is 10.2 Å². The molecule has 2 rings (SSSR count). The Bertz CT molecular complexity index is 560. The number of benzene rings is 1. The van der Waals surface area contributed by atoms with Gasteiger partial charge < -0.3 is 24.4 Å². The molecule has 1 N–H and O–H groups in total. The summed E-state index contributed by atoms with van der Waals surface area (Å²) in [6.45, 7) is 1.63. The smallest absolute Gasteiger partial charge is 0.318 e. The van der Waals surface area contributed by atoms with Crippen LogP contribution in [0, 0.1) is 0 Å². The summed E-state index contributed by atoms with van der Waals surface area (Å²) in [5.74, 6) is 1.32. The summed E-state index contributed by atoms with van der Waals surface area (Å²) in [6, 6.07) is 5.49. The molecule has 0 aromatic heterocycles. The van der Waals surface area contributed by atoms with E-state index in [1.807, 2.05) is 24.3 Å². The average Bonchev–Trinajstić information content (AvgIpc) is 2.60. The van der Waals surface area contributed by atoms with Gasteiger partial charge in [-0.05, 0) is 24.1 Å². The number of rotatable bonds is 6. The second-order valence-corrected chi connectivity index (χ2v) is 5.28. The third-order valence-electron chi connectivity index (χ3n) is 3.79. The Morgan fingerprint density at radius 1 is 1.26 bits per heavy atom. The van der Waals surface area contributed by atoms with Gasteiger partial charge in [0.1, 0.15) is 0 Å². The number of methoxy groups -OCH3 is 3. The fourth-order valence-electron chi connectivity index (χ4n) is 2.57. The zero-order chi connectivity index (χ0) is 16.7. The van der Waals surface area contributed by atoms with Crippen molar-refractivity contribution in [2.45, 2.75) is 19.0 Å². The lowest BCUT2D eigenvalue weighted by Crippen LogP contribution is -2.48. The Hall–Kier alpha value is -2.21. The highest BCUT2D eigenvalue weighted by molar-refractivity contribution is 5.75. The van der Waals surface area contributed by atoms with Gasteiger partial charge in [-0.25, -0.2) is 4.79 Å². The molecule has 1 unspecified atom stereocenters. The first kappa shape index (κ1) is 17.1. The molecule has 6 heteroatoms. The van der Waals surface area contributed by atoms with Crippen LogP contribution >= 0.6 is 0 Å². The molecule has 1 aliphatic rings. The lowest BCUT2D eigenvalue weighted by molar-refractivity contribution is 0.119. The minimum atomic E-state index is -0.0915. The van der Waals surface area contributed by atoms with Gasteiger partial charge in [0, 0.05) is 20.2 Å². The van der Waals surface area contributed by atoms with E-state index in [1.54, 1.807) is 26.2 Å². The number of nitrogens with one attached hydrogen (secondary N) is 1. The van der Waals surface area contributed by atoms with E-state index in [0.717, 1.165) is 12.0 Å². The van der Waals surface area contributed by atoms with E-state index in [0.29, 0.717) is 31.2 Å². The van der Waals surface area contributed by atoms with Crippen molar-refractivity contribution in [1.29, 1.82) is 0 Å². The number of hydrogen-bond donors (Lipinski definition) is 1. The van der Waals surface area contributed by atoms with Gasteiger partial charge in [-0.1, -0.05) is 18.2 Å². The van der Waals surface area contributed by atoms with Crippen LogP contribution in [0.15, 0.2) is 30.4 Å². The number of ether oxygens (including phenoxy) is 3. The highest BCUT2D eigenvalue weighted by atomic mass is 16.5. The molecule has 23 heavy (non-hydrogen) atoms. The monoisotopic (exact) mass is 320 g/mol. The first-order chi connectivity index (χ1) is 11.2. The molecule has 1 aromatic carbocycles. The number of carbonyl (C=O) groups excluding carboxylic acids is 1. The Kier molecular flexibility index (Phi) is 6.29. The zero-order valence-corrected chi connectivity index (χ0v) is 13.9. The minimum absolute atomic E-state index is 0.0147. The minimum Gasteiger partial charge on any atom is -0.493 e. The quantitative estimate of drug-likeness (QED) is 0.816. The molecule has 1 aromatic rings. The van der Waals surface area contributed by atoms with Crippen LogP contribution in [0.1, 0.15) is 12.0 Å². The summed E-state index contributed by atoms with van der Waals surface area (Å²) >= 11 is 0. The Labute approximate surface area is 137 Å². The average molecular weight is 320 g/mol. The van der Waals surface area contributed by atoms with Gasteiger partial charge in [-0.15, -0.1) is 0 Å². The summed E-state index contributed by atoms with van der Waals surface area (Å²) in [6.07, 6.45) is 4.97. The lowest BCUT2D eigenvalue weighted by atomic mass is 10.1. The van der Waals surface area contributed by atoms with Gasteiger partial charge in [0.15, 0.2) is 11.5 Å². The number of hydrogen-bond acceptors (Lipinski definition) is 4. The highest BCUT2D eigenvalue weighted by Gasteiger charge is 2.23. The summed E-state index contributed by atoms with van der Waals surface area (Å²) in [5, 5.41) is 2.95. The number of amides is 2. The molecule has 6 nitrogen and oxygen atoms in total. The second kappa shape index (κ2) is 8.43. The predicted octanol–water partition coefficient (Wildman–Crippen LogP) is 2.19. The molecule has 0 saturated carbocycles. The molecule has 0 radical (unpaired) electrons. The van der Waals surface area contributed by atoms with Gasteiger partial charge in [-0.3, -0.25) is 0 Å². The third-order valence-corrected chi connectivity index (χ3v) is 3.79. The van der Waals surface area contributed by atoms with E-state index in [1.165, 1.54) is 0 Å². The SMILES string of the molecule is COCC1C=CCCN1C(=O)NCc1ccc(OC)c(OC)c1. The molecule has 126 valence electrons.